The van der Waals surface area contributed by atoms with E-state index in [1.165, 1.54) is 12.7 Å². The van der Waals surface area contributed by atoms with Crippen molar-refractivity contribution in [2.24, 2.45) is 0 Å². The molecule has 1 atom stereocenters. The molecule has 11 heteroatoms. The van der Waals surface area contributed by atoms with E-state index in [4.69, 9.17) is 4.74 Å². The number of hydrogen-bond acceptors (Lipinski definition) is 10. The van der Waals surface area contributed by atoms with Gasteiger partial charge in [-0.2, -0.15) is 5.10 Å². The third-order valence-corrected chi connectivity index (χ3v) is 5.69. The molecule has 0 radical (unpaired) electrons. The Labute approximate surface area is 194 Å². The molecular formula is C23H22N10O. The molecule has 3 N–H and O–H groups in total. The first-order valence-electron chi connectivity index (χ1n) is 11.0. The van der Waals surface area contributed by atoms with Crippen molar-refractivity contribution in [2.45, 2.75) is 19.4 Å². The van der Waals surface area contributed by atoms with Crippen LogP contribution in [-0.2, 0) is 0 Å². The van der Waals surface area contributed by atoms with Crippen LogP contribution in [0, 0.1) is 6.92 Å². The van der Waals surface area contributed by atoms with Gasteiger partial charge in [-0.25, -0.2) is 29.4 Å². The maximum absolute atomic E-state index is 6.07. The number of nitrogens with zero attached hydrogens (tertiary/aromatic N) is 7. The fraction of sp³-hybridized carbons (Fsp3) is 0.217. The van der Waals surface area contributed by atoms with Crippen LogP contribution in [0.15, 0.2) is 55.4 Å². The third-order valence-electron chi connectivity index (χ3n) is 5.69. The Morgan fingerprint density at radius 2 is 2.06 bits per heavy atom. The summed E-state index contributed by atoms with van der Waals surface area (Å²) in [6.45, 7) is 3.89. The van der Waals surface area contributed by atoms with Crippen LogP contribution in [0.2, 0.25) is 0 Å². The topological polar surface area (TPSA) is 127 Å². The lowest BCUT2D eigenvalue weighted by Gasteiger charge is -2.13. The van der Waals surface area contributed by atoms with Crippen LogP contribution in [0.25, 0.3) is 16.7 Å². The Balaban J connectivity index is 1.23. The quantitative estimate of drug-likeness (QED) is 0.352. The van der Waals surface area contributed by atoms with Crippen LogP contribution in [0.3, 0.4) is 0 Å². The van der Waals surface area contributed by atoms with Gasteiger partial charge in [0.2, 0.25) is 5.95 Å². The minimum atomic E-state index is 0.319. The summed E-state index contributed by atoms with van der Waals surface area (Å²) in [6.07, 6.45) is 7.59. The van der Waals surface area contributed by atoms with E-state index in [1.54, 1.807) is 10.7 Å². The van der Waals surface area contributed by atoms with E-state index in [-0.39, 0.29) is 0 Å². The second kappa shape index (κ2) is 8.52. The Morgan fingerprint density at radius 1 is 1.09 bits per heavy atom. The molecule has 1 fully saturated rings. The van der Waals surface area contributed by atoms with Crippen molar-refractivity contribution in [3.05, 3.63) is 60.9 Å². The molecule has 1 aromatic carbocycles. The van der Waals surface area contributed by atoms with E-state index in [1.807, 2.05) is 43.5 Å². The van der Waals surface area contributed by atoms with Crippen molar-refractivity contribution < 1.29 is 4.74 Å². The highest BCUT2D eigenvalue weighted by atomic mass is 16.5. The number of aryl methyl sites for hydroxylation is 1. The van der Waals surface area contributed by atoms with E-state index < -0.39 is 0 Å². The molecule has 11 nitrogen and oxygen atoms in total. The number of aromatic nitrogens is 7. The summed E-state index contributed by atoms with van der Waals surface area (Å²) in [5, 5.41) is 14.2. The van der Waals surface area contributed by atoms with Crippen LogP contribution in [0.1, 0.15) is 12.0 Å². The maximum Gasteiger partial charge on any atom is 0.223 e. The first-order chi connectivity index (χ1) is 16.7. The number of rotatable bonds is 6. The molecule has 0 bridgehead atoms. The van der Waals surface area contributed by atoms with Gasteiger partial charge in [0.15, 0.2) is 11.5 Å². The predicted molar refractivity (Wildman–Crippen MR) is 128 cm³/mol. The molecule has 1 aliphatic heterocycles. The van der Waals surface area contributed by atoms with Crippen LogP contribution in [0.4, 0.5) is 17.5 Å². The first-order valence-corrected chi connectivity index (χ1v) is 11.0. The molecule has 1 saturated heterocycles. The molecular weight excluding hydrogens is 432 g/mol. The molecule has 4 aromatic heterocycles. The minimum Gasteiger partial charge on any atom is -0.457 e. The number of benzene rings is 1. The smallest absolute Gasteiger partial charge is 0.223 e. The van der Waals surface area contributed by atoms with Gasteiger partial charge in [-0.05, 0) is 49.7 Å². The number of nitrogens with one attached hydrogen (secondary N) is 3. The lowest BCUT2D eigenvalue weighted by atomic mass is 10.2. The summed E-state index contributed by atoms with van der Waals surface area (Å²) in [5.41, 5.74) is 3.89. The van der Waals surface area contributed by atoms with E-state index in [0.717, 1.165) is 42.2 Å². The molecule has 1 aliphatic rings. The molecule has 34 heavy (non-hydrogen) atoms. The Hall–Kier alpha value is -4.38. The van der Waals surface area contributed by atoms with E-state index in [9.17, 15) is 0 Å². The maximum atomic E-state index is 6.07. The SMILES string of the molecule is Cc1cc(Nc2ncnc3cnc(N[C@@H]4CCNC4)nc23)ccc1Oc1ccn2ncnc2c1. The lowest BCUT2D eigenvalue weighted by molar-refractivity contribution is 0.478. The molecule has 170 valence electrons. The predicted octanol–water partition coefficient (Wildman–Crippen LogP) is 3.08. The highest BCUT2D eigenvalue weighted by Crippen LogP contribution is 2.29. The van der Waals surface area contributed by atoms with Gasteiger partial charge in [0.05, 0.1) is 6.20 Å². The Bertz CT molecular complexity index is 1480. The molecule has 0 aliphatic carbocycles. The van der Waals surface area contributed by atoms with Gasteiger partial charge in [-0.15, -0.1) is 0 Å². The average Bonchev–Trinajstić information content (AvgIpc) is 3.53. The number of anilines is 3. The fourth-order valence-electron chi connectivity index (χ4n) is 3.94. The third kappa shape index (κ3) is 4.04. The summed E-state index contributed by atoms with van der Waals surface area (Å²) in [5.74, 6) is 2.63. The molecule has 0 spiro atoms. The summed E-state index contributed by atoms with van der Waals surface area (Å²) in [6, 6.07) is 9.88. The summed E-state index contributed by atoms with van der Waals surface area (Å²) >= 11 is 0. The lowest BCUT2D eigenvalue weighted by Crippen LogP contribution is -2.23. The van der Waals surface area contributed by atoms with Crippen LogP contribution in [0.5, 0.6) is 11.5 Å². The molecule has 0 unspecified atom stereocenters. The van der Waals surface area contributed by atoms with Gasteiger partial charge in [0.1, 0.15) is 35.2 Å². The summed E-state index contributed by atoms with van der Waals surface area (Å²) in [4.78, 5) is 22.0. The zero-order valence-corrected chi connectivity index (χ0v) is 18.4. The highest BCUT2D eigenvalue weighted by Gasteiger charge is 2.16. The van der Waals surface area contributed by atoms with E-state index in [0.29, 0.717) is 34.6 Å². The zero-order chi connectivity index (χ0) is 22.9. The fourth-order valence-corrected chi connectivity index (χ4v) is 3.94. The Kier molecular flexibility index (Phi) is 5.07. The van der Waals surface area contributed by atoms with Gasteiger partial charge in [0, 0.05) is 30.5 Å². The van der Waals surface area contributed by atoms with Crippen molar-refractivity contribution >= 4 is 34.1 Å². The van der Waals surface area contributed by atoms with Gasteiger partial charge >= 0.3 is 0 Å². The molecule has 0 amide bonds. The van der Waals surface area contributed by atoms with Crippen LogP contribution < -0.4 is 20.7 Å². The molecule has 5 heterocycles. The van der Waals surface area contributed by atoms with E-state index >= 15 is 0 Å². The van der Waals surface area contributed by atoms with Crippen LogP contribution >= 0.6 is 0 Å². The van der Waals surface area contributed by atoms with Crippen LogP contribution in [-0.4, -0.2) is 53.7 Å². The van der Waals surface area contributed by atoms with Crippen molar-refractivity contribution in [3.63, 3.8) is 0 Å². The van der Waals surface area contributed by atoms with Gasteiger partial charge in [0.25, 0.3) is 0 Å². The summed E-state index contributed by atoms with van der Waals surface area (Å²) < 4.78 is 7.76. The number of hydrogen-bond donors (Lipinski definition) is 3. The van der Waals surface area contributed by atoms with E-state index in [2.05, 4.69) is 46.0 Å². The van der Waals surface area contributed by atoms with Crippen molar-refractivity contribution in [3.8, 4) is 11.5 Å². The largest absolute Gasteiger partial charge is 0.457 e. The average molecular weight is 454 g/mol. The second-order valence-electron chi connectivity index (χ2n) is 8.12. The van der Waals surface area contributed by atoms with Crippen molar-refractivity contribution in [2.75, 3.05) is 23.7 Å². The molecule has 6 rings (SSSR count). The molecule has 5 aromatic rings. The highest BCUT2D eigenvalue weighted by molar-refractivity contribution is 5.87. The monoisotopic (exact) mass is 454 g/mol. The normalized spacial score (nSPS) is 15.6. The Morgan fingerprint density at radius 3 is 2.94 bits per heavy atom. The number of fused-ring (bicyclic) bond motifs is 2. The second-order valence-corrected chi connectivity index (χ2v) is 8.12. The standard InChI is InChI=1S/C23H22N10O/c1-14-8-15(2-3-19(14)34-17-5-7-33-20(9-17)27-13-29-33)30-22-21-18(26-12-28-22)11-25-23(32-21)31-16-4-6-24-10-16/h2-3,5,7-9,11-13,16,24H,4,6,10H2,1H3,(H,25,31,32)(H,26,28,30)/t16-/m1/s1. The number of ether oxygens (including phenoxy) is 1. The van der Waals surface area contributed by atoms with Gasteiger partial charge < -0.3 is 20.7 Å². The first kappa shape index (κ1) is 20.2. The van der Waals surface area contributed by atoms with Gasteiger partial charge in [-0.3, -0.25) is 0 Å². The van der Waals surface area contributed by atoms with Crippen molar-refractivity contribution in [1.29, 1.82) is 0 Å². The molecule has 0 saturated carbocycles. The van der Waals surface area contributed by atoms with Gasteiger partial charge in [-0.1, -0.05) is 0 Å². The minimum absolute atomic E-state index is 0.319. The van der Waals surface area contributed by atoms with Crippen molar-refractivity contribution in [1.82, 2.24) is 39.9 Å². The zero-order valence-electron chi connectivity index (χ0n) is 18.4. The summed E-state index contributed by atoms with van der Waals surface area (Å²) in [7, 11) is 0. The number of pyridine rings is 1.